The zero-order chi connectivity index (χ0) is 19.1. The van der Waals surface area contributed by atoms with Gasteiger partial charge in [-0.2, -0.15) is 0 Å². The molecule has 148 valence electrons. The van der Waals surface area contributed by atoms with Crippen LogP contribution in [-0.4, -0.2) is 78.5 Å². The van der Waals surface area contributed by atoms with Crippen molar-refractivity contribution < 1.29 is 38.3 Å². The second kappa shape index (κ2) is 5.38. The van der Waals surface area contributed by atoms with E-state index in [-0.39, 0.29) is 13.2 Å². The van der Waals surface area contributed by atoms with Gasteiger partial charge in [-0.05, 0) is 27.7 Å². The molecule has 4 aliphatic rings. The summed E-state index contributed by atoms with van der Waals surface area (Å²) < 4.78 is 35.3. The summed E-state index contributed by atoms with van der Waals surface area (Å²) in [5.41, 5.74) is 4.11. The number of esters is 1. The molecular formula is C17H27NO8. The molecule has 9 nitrogen and oxygen atoms in total. The third-order valence-electron chi connectivity index (χ3n) is 5.93. The highest BCUT2D eigenvalue weighted by atomic mass is 16.8. The number of fused-ring (bicyclic) bond motifs is 6. The van der Waals surface area contributed by atoms with E-state index in [9.17, 15) is 9.90 Å². The lowest BCUT2D eigenvalue weighted by molar-refractivity contribution is -0.287. The van der Waals surface area contributed by atoms with Gasteiger partial charge in [0.15, 0.2) is 23.3 Å². The standard InChI is InChI=1S/C17H27NO8/c1-14(2)22-7-16(26-14)10-8(6-21-5)17(18,9(19)13(20)23-10)12-11(16)24-15(3,4)25-12/h8-12,19H,6-7,18H2,1-5H3/t8?,9-,10?,11?,12?,16?,17?/m1/s1. The lowest BCUT2D eigenvalue weighted by Gasteiger charge is -2.59. The van der Waals surface area contributed by atoms with E-state index in [1.54, 1.807) is 27.7 Å². The Balaban J connectivity index is 1.88. The van der Waals surface area contributed by atoms with E-state index in [0.717, 1.165) is 0 Å². The minimum Gasteiger partial charge on any atom is -0.457 e. The van der Waals surface area contributed by atoms with Crippen LogP contribution in [0.2, 0.25) is 0 Å². The number of carbonyl (C=O) groups is 1. The lowest BCUT2D eigenvalue weighted by atomic mass is 9.59. The second-order valence-corrected chi connectivity index (χ2v) is 8.54. The van der Waals surface area contributed by atoms with Gasteiger partial charge in [-0.1, -0.05) is 0 Å². The van der Waals surface area contributed by atoms with Crippen LogP contribution in [0.25, 0.3) is 0 Å². The number of nitrogens with two attached hydrogens (primary N) is 1. The van der Waals surface area contributed by atoms with Crippen molar-refractivity contribution >= 4 is 5.97 Å². The summed E-state index contributed by atoms with van der Waals surface area (Å²) in [7, 11) is 1.53. The molecule has 3 aliphatic heterocycles. The van der Waals surface area contributed by atoms with Crippen molar-refractivity contribution in [2.45, 2.75) is 74.8 Å². The molecule has 3 N–H and O–H groups in total. The number of aliphatic hydroxyl groups excluding tert-OH is 1. The number of hydrogen-bond donors (Lipinski definition) is 2. The van der Waals surface area contributed by atoms with Crippen molar-refractivity contribution in [1.29, 1.82) is 0 Å². The number of methoxy groups -OCH3 is 1. The fourth-order valence-corrected chi connectivity index (χ4v) is 4.89. The smallest absolute Gasteiger partial charge is 0.337 e. The summed E-state index contributed by atoms with van der Waals surface area (Å²) in [5, 5.41) is 10.6. The molecule has 1 aliphatic carbocycles. The van der Waals surface area contributed by atoms with Crippen LogP contribution in [-0.2, 0) is 33.2 Å². The van der Waals surface area contributed by atoms with E-state index in [1.807, 2.05) is 0 Å². The van der Waals surface area contributed by atoms with Gasteiger partial charge in [0.25, 0.3) is 0 Å². The van der Waals surface area contributed by atoms with Crippen LogP contribution >= 0.6 is 0 Å². The van der Waals surface area contributed by atoms with Crippen LogP contribution in [0.1, 0.15) is 27.7 Å². The van der Waals surface area contributed by atoms with Gasteiger partial charge in [-0.3, -0.25) is 0 Å². The predicted octanol–water partition coefficient (Wildman–Crippen LogP) is -0.712. The Morgan fingerprint density at radius 3 is 2.38 bits per heavy atom. The average molecular weight is 373 g/mol. The molecule has 1 saturated carbocycles. The summed E-state index contributed by atoms with van der Waals surface area (Å²) in [6.07, 6.45) is -3.83. The lowest BCUT2D eigenvalue weighted by Crippen LogP contribution is -2.84. The Bertz CT molecular complexity index is 624. The number of rotatable bonds is 2. The van der Waals surface area contributed by atoms with Gasteiger partial charge < -0.3 is 39.3 Å². The number of carbonyl (C=O) groups excluding carboxylic acids is 1. The third-order valence-corrected chi connectivity index (χ3v) is 5.93. The first-order valence-electron chi connectivity index (χ1n) is 8.83. The Hall–Kier alpha value is -0.810. The first kappa shape index (κ1) is 18.5. The number of ether oxygens (including phenoxy) is 6. The van der Waals surface area contributed by atoms with Crippen molar-refractivity contribution in [2.24, 2.45) is 11.7 Å². The van der Waals surface area contributed by atoms with Crippen molar-refractivity contribution in [2.75, 3.05) is 20.3 Å². The normalized spacial score (nSPS) is 51.3. The summed E-state index contributed by atoms with van der Waals surface area (Å²) in [6, 6.07) is 0. The molecule has 0 aromatic rings. The van der Waals surface area contributed by atoms with E-state index in [2.05, 4.69) is 0 Å². The highest BCUT2D eigenvalue weighted by Crippen LogP contribution is 2.56. The molecule has 7 atom stereocenters. The highest BCUT2D eigenvalue weighted by Gasteiger charge is 2.78. The third kappa shape index (κ3) is 2.25. The second-order valence-electron chi connectivity index (χ2n) is 8.54. The summed E-state index contributed by atoms with van der Waals surface area (Å²) >= 11 is 0. The van der Waals surface area contributed by atoms with Gasteiger partial charge in [0.1, 0.15) is 18.3 Å². The van der Waals surface area contributed by atoms with Crippen LogP contribution in [0.3, 0.4) is 0 Å². The van der Waals surface area contributed by atoms with Gasteiger partial charge in [0, 0.05) is 13.0 Å². The predicted molar refractivity (Wildman–Crippen MR) is 85.8 cm³/mol. The first-order valence-corrected chi connectivity index (χ1v) is 8.83. The molecule has 3 saturated heterocycles. The highest BCUT2D eigenvalue weighted by molar-refractivity contribution is 5.78. The SMILES string of the molecule is COCC1C2OC(=O)[C@@H](O)C1(N)C1OC(C)(C)OC1C21COC(C)(C)O1. The largest absolute Gasteiger partial charge is 0.457 e. The van der Waals surface area contributed by atoms with Gasteiger partial charge in [-0.25, -0.2) is 4.79 Å². The molecule has 4 rings (SSSR count). The molecule has 9 heteroatoms. The van der Waals surface area contributed by atoms with Crippen LogP contribution in [0, 0.1) is 5.92 Å². The quantitative estimate of drug-likeness (QED) is 0.605. The van der Waals surface area contributed by atoms with Crippen molar-refractivity contribution in [3.63, 3.8) is 0 Å². The Labute approximate surface area is 152 Å². The van der Waals surface area contributed by atoms with Gasteiger partial charge >= 0.3 is 5.97 Å². The van der Waals surface area contributed by atoms with Gasteiger partial charge in [0.2, 0.25) is 0 Å². The maximum Gasteiger partial charge on any atom is 0.337 e. The molecule has 3 heterocycles. The van der Waals surface area contributed by atoms with E-state index >= 15 is 0 Å². The molecule has 0 aromatic carbocycles. The van der Waals surface area contributed by atoms with E-state index in [4.69, 9.17) is 34.2 Å². The molecule has 1 spiro atoms. The maximum atomic E-state index is 12.4. The maximum absolute atomic E-state index is 12.4. The summed E-state index contributed by atoms with van der Waals surface area (Å²) in [4.78, 5) is 12.4. The van der Waals surface area contributed by atoms with Crippen LogP contribution in [0.5, 0.6) is 0 Å². The number of hydrogen-bond acceptors (Lipinski definition) is 9. The fourth-order valence-electron chi connectivity index (χ4n) is 4.89. The molecule has 26 heavy (non-hydrogen) atoms. The monoisotopic (exact) mass is 373 g/mol. The Kier molecular flexibility index (Phi) is 3.84. The van der Waals surface area contributed by atoms with Crippen LogP contribution < -0.4 is 5.73 Å². The minimum absolute atomic E-state index is 0.144. The zero-order valence-electron chi connectivity index (χ0n) is 15.7. The fraction of sp³-hybridized carbons (Fsp3) is 0.941. The van der Waals surface area contributed by atoms with Gasteiger partial charge in [-0.15, -0.1) is 0 Å². The van der Waals surface area contributed by atoms with Crippen LogP contribution in [0.15, 0.2) is 0 Å². The molecular weight excluding hydrogens is 346 g/mol. The zero-order valence-corrected chi connectivity index (χ0v) is 15.7. The summed E-state index contributed by atoms with van der Waals surface area (Å²) in [6.45, 7) is 7.38. The van der Waals surface area contributed by atoms with Gasteiger partial charge in [0.05, 0.1) is 18.8 Å². The molecule has 4 fully saturated rings. The summed E-state index contributed by atoms with van der Waals surface area (Å²) in [5.74, 6) is -3.22. The Morgan fingerprint density at radius 2 is 1.81 bits per heavy atom. The molecule has 0 radical (unpaired) electrons. The van der Waals surface area contributed by atoms with E-state index < -0.39 is 59.0 Å². The average Bonchev–Trinajstić information content (AvgIpc) is 3.04. The Morgan fingerprint density at radius 1 is 1.15 bits per heavy atom. The van der Waals surface area contributed by atoms with Crippen LogP contribution in [0.4, 0.5) is 0 Å². The first-order chi connectivity index (χ1) is 12.0. The minimum atomic E-state index is -1.56. The van der Waals surface area contributed by atoms with E-state index in [0.29, 0.717) is 0 Å². The van der Waals surface area contributed by atoms with Crippen molar-refractivity contribution in [3.8, 4) is 0 Å². The molecule has 0 amide bonds. The van der Waals surface area contributed by atoms with Crippen molar-refractivity contribution in [3.05, 3.63) is 0 Å². The number of aliphatic hydroxyl groups is 1. The molecule has 2 bridgehead atoms. The molecule has 0 aromatic heterocycles. The topological polar surface area (TPSA) is 119 Å². The van der Waals surface area contributed by atoms with Crippen molar-refractivity contribution in [1.82, 2.24) is 0 Å². The molecule has 6 unspecified atom stereocenters. The van der Waals surface area contributed by atoms with E-state index in [1.165, 1.54) is 7.11 Å².